The lowest BCUT2D eigenvalue weighted by molar-refractivity contribution is 0.227. The van der Waals surface area contributed by atoms with Crippen molar-refractivity contribution in [3.8, 4) is 11.3 Å². The number of fused-ring (bicyclic) bond motifs is 1. The summed E-state index contributed by atoms with van der Waals surface area (Å²) in [5.41, 5.74) is 3.91. The van der Waals surface area contributed by atoms with Crippen LogP contribution in [0.15, 0.2) is 79.3 Å². The van der Waals surface area contributed by atoms with Crippen LogP contribution in [0.25, 0.3) is 22.2 Å². The monoisotopic (exact) mass is 468 g/mol. The molecule has 1 N–H and O–H groups in total. The second-order valence-electron chi connectivity index (χ2n) is 8.89. The summed E-state index contributed by atoms with van der Waals surface area (Å²) in [6.45, 7) is 6.98. The summed E-state index contributed by atoms with van der Waals surface area (Å²) < 4.78 is 0. The number of aromatic nitrogens is 3. The van der Waals surface area contributed by atoms with Crippen molar-refractivity contribution in [1.29, 1.82) is 0 Å². The van der Waals surface area contributed by atoms with E-state index in [-0.39, 0.29) is 6.04 Å². The van der Waals surface area contributed by atoms with Crippen LogP contribution in [0.2, 0.25) is 0 Å². The van der Waals surface area contributed by atoms with Crippen LogP contribution in [-0.2, 0) is 0 Å². The molecule has 2 aromatic heterocycles. The number of thiocarbonyl (C=S) groups is 1. The average molecular weight is 469 g/mol. The van der Waals surface area contributed by atoms with Gasteiger partial charge in [-0.25, -0.2) is 4.98 Å². The molecular weight excluding hydrogens is 440 g/mol. The van der Waals surface area contributed by atoms with E-state index < -0.39 is 0 Å². The molecule has 1 atom stereocenters. The van der Waals surface area contributed by atoms with Crippen molar-refractivity contribution < 1.29 is 0 Å². The third-order valence-corrected chi connectivity index (χ3v) is 6.69. The molecule has 0 saturated carbocycles. The Morgan fingerprint density at radius 2 is 1.85 bits per heavy atom. The van der Waals surface area contributed by atoms with Crippen LogP contribution in [0, 0.1) is 5.92 Å². The molecule has 1 unspecified atom stereocenters. The summed E-state index contributed by atoms with van der Waals surface area (Å²) in [6, 6.07) is 20.6. The van der Waals surface area contributed by atoms with E-state index >= 15 is 0 Å². The highest BCUT2D eigenvalue weighted by molar-refractivity contribution is 7.80. The van der Waals surface area contributed by atoms with Gasteiger partial charge in [-0.3, -0.25) is 9.97 Å². The molecule has 0 spiro atoms. The van der Waals surface area contributed by atoms with Crippen molar-refractivity contribution >= 4 is 39.7 Å². The Morgan fingerprint density at radius 1 is 1.00 bits per heavy atom. The number of nitrogens with zero attached hydrogens (tertiary/aromatic N) is 5. The lowest BCUT2D eigenvalue weighted by Crippen LogP contribution is -2.58. The molecule has 1 aliphatic rings. The maximum atomic E-state index is 5.90. The molecule has 6 nitrogen and oxygen atoms in total. The number of piperazine rings is 1. The van der Waals surface area contributed by atoms with Gasteiger partial charge in [-0.1, -0.05) is 50.2 Å². The largest absolute Gasteiger partial charge is 0.351 e. The molecular formula is C27H28N6S. The van der Waals surface area contributed by atoms with Crippen LogP contribution in [0.1, 0.15) is 13.8 Å². The van der Waals surface area contributed by atoms with E-state index in [1.165, 1.54) is 0 Å². The molecule has 172 valence electrons. The molecule has 0 radical (unpaired) electrons. The van der Waals surface area contributed by atoms with Crippen LogP contribution >= 0.6 is 12.2 Å². The van der Waals surface area contributed by atoms with Gasteiger partial charge in [-0.05, 0) is 42.4 Å². The highest BCUT2D eigenvalue weighted by Crippen LogP contribution is 2.26. The maximum Gasteiger partial charge on any atom is 0.173 e. The molecule has 3 heterocycles. The maximum absolute atomic E-state index is 5.90. The van der Waals surface area contributed by atoms with E-state index in [1.807, 2.05) is 55.0 Å². The molecule has 1 aliphatic heterocycles. The average Bonchev–Trinajstić information content (AvgIpc) is 2.89. The fraction of sp³-hybridized carbons (Fsp3) is 0.259. The van der Waals surface area contributed by atoms with Gasteiger partial charge in [0.1, 0.15) is 5.82 Å². The first-order valence-electron chi connectivity index (χ1n) is 11.6. The van der Waals surface area contributed by atoms with Crippen LogP contribution in [0.5, 0.6) is 0 Å². The Morgan fingerprint density at radius 3 is 2.68 bits per heavy atom. The zero-order valence-corrected chi connectivity index (χ0v) is 20.2. The SMILES string of the molecule is CC(C)C1CN(c2cncc(-c3ccccc3)n2)CCN1C(=S)Nc1cccc2ncccc12. The number of pyridine rings is 1. The normalized spacial score (nSPS) is 16.1. The minimum atomic E-state index is 0.254. The Labute approximate surface area is 205 Å². The lowest BCUT2D eigenvalue weighted by atomic mass is 10.00. The minimum absolute atomic E-state index is 0.254. The number of hydrogen-bond donors (Lipinski definition) is 1. The summed E-state index contributed by atoms with van der Waals surface area (Å²) in [7, 11) is 0. The Kier molecular flexibility index (Phi) is 6.36. The van der Waals surface area contributed by atoms with E-state index in [0.29, 0.717) is 5.92 Å². The van der Waals surface area contributed by atoms with Crippen molar-refractivity contribution in [2.45, 2.75) is 19.9 Å². The van der Waals surface area contributed by atoms with E-state index in [4.69, 9.17) is 17.2 Å². The summed E-state index contributed by atoms with van der Waals surface area (Å²) in [5.74, 6) is 1.33. The molecule has 7 heteroatoms. The predicted molar refractivity (Wildman–Crippen MR) is 143 cm³/mol. The number of hydrogen-bond acceptors (Lipinski definition) is 5. The molecule has 0 amide bonds. The zero-order valence-electron chi connectivity index (χ0n) is 19.4. The summed E-state index contributed by atoms with van der Waals surface area (Å²) >= 11 is 5.90. The van der Waals surface area contributed by atoms with Crippen LogP contribution in [0.4, 0.5) is 11.5 Å². The fourth-order valence-electron chi connectivity index (χ4n) is 4.50. The van der Waals surface area contributed by atoms with E-state index in [0.717, 1.165) is 58.4 Å². The van der Waals surface area contributed by atoms with Crippen molar-refractivity contribution in [2.75, 3.05) is 29.9 Å². The number of nitrogens with one attached hydrogen (secondary N) is 1. The van der Waals surface area contributed by atoms with Crippen molar-refractivity contribution in [3.05, 3.63) is 79.3 Å². The van der Waals surface area contributed by atoms with Crippen LogP contribution < -0.4 is 10.2 Å². The third kappa shape index (κ3) is 4.56. The second kappa shape index (κ2) is 9.73. The number of anilines is 2. The second-order valence-corrected chi connectivity index (χ2v) is 9.27. The number of benzene rings is 2. The van der Waals surface area contributed by atoms with Gasteiger partial charge in [0.2, 0.25) is 0 Å². The molecule has 2 aromatic carbocycles. The van der Waals surface area contributed by atoms with Gasteiger partial charge in [-0.15, -0.1) is 0 Å². The first-order valence-corrected chi connectivity index (χ1v) is 12.0. The molecule has 5 rings (SSSR count). The smallest absolute Gasteiger partial charge is 0.173 e. The van der Waals surface area contributed by atoms with Gasteiger partial charge in [0.05, 0.1) is 29.6 Å². The lowest BCUT2D eigenvalue weighted by Gasteiger charge is -2.45. The third-order valence-electron chi connectivity index (χ3n) is 6.35. The number of rotatable bonds is 4. The molecule has 1 saturated heterocycles. The van der Waals surface area contributed by atoms with Gasteiger partial charge >= 0.3 is 0 Å². The predicted octanol–water partition coefficient (Wildman–Crippen LogP) is 5.24. The fourth-order valence-corrected chi connectivity index (χ4v) is 4.83. The molecule has 0 aliphatic carbocycles. The summed E-state index contributed by atoms with van der Waals surface area (Å²) in [4.78, 5) is 18.5. The molecule has 0 bridgehead atoms. The van der Waals surface area contributed by atoms with Gasteiger partial charge in [0.25, 0.3) is 0 Å². The Bertz CT molecular complexity index is 1290. The van der Waals surface area contributed by atoms with Gasteiger partial charge in [0.15, 0.2) is 5.11 Å². The minimum Gasteiger partial charge on any atom is -0.351 e. The van der Waals surface area contributed by atoms with Crippen LogP contribution in [0.3, 0.4) is 0 Å². The summed E-state index contributed by atoms with van der Waals surface area (Å²) in [6.07, 6.45) is 5.50. The zero-order chi connectivity index (χ0) is 23.5. The van der Waals surface area contributed by atoms with Crippen LogP contribution in [-0.4, -0.2) is 50.6 Å². The van der Waals surface area contributed by atoms with Crippen molar-refractivity contribution in [1.82, 2.24) is 19.9 Å². The van der Waals surface area contributed by atoms with E-state index in [1.54, 1.807) is 0 Å². The first-order chi connectivity index (χ1) is 16.6. The Hall–Kier alpha value is -3.58. The van der Waals surface area contributed by atoms with Crippen molar-refractivity contribution in [2.24, 2.45) is 5.92 Å². The van der Waals surface area contributed by atoms with Crippen molar-refractivity contribution in [3.63, 3.8) is 0 Å². The van der Waals surface area contributed by atoms with Gasteiger partial charge in [-0.2, -0.15) is 0 Å². The van der Waals surface area contributed by atoms with Gasteiger partial charge < -0.3 is 15.1 Å². The summed E-state index contributed by atoms with van der Waals surface area (Å²) in [5, 5.41) is 5.31. The molecule has 34 heavy (non-hydrogen) atoms. The van der Waals surface area contributed by atoms with E-state index in [2.05, 4.69) is 63.2 Å². The first kappa shape index (κ1) is 22.2. The highest BCUT2D eigenvalue weighted by atomic mass is 32.1. The quantitative estimate of drug-likeness (QED) is 0.411. The standard InChI is InChI=1S/C27H28N6S/c1-19(2)25-18-32(26-17-28-16-24(30-26)20-8-4-3-5-9-20)14-15-33(25)27(34)31-23-12-6-11-22-21(23)10-7-13-29-22/h3-13,16-17,19,25H,14-15,18H2,1-2H3,(H,31,34). The molecule has 4 aromatic rings. The highest BCUT2D eigenvalue weighted by Gasteiger charge is 2.32. The topological polar surface area (TPSA) is 57.2 Å². The van der Waals surface area contributed by atoms with E-state index in [9.17, 15) is 0 Å². The Balaban J connectivity index is 1.34. The molecule has 1 fully saturated rings. The van der Waals surface area contributed by atoms with Gasteiger partial charge in [0, 0.05) is 42.5 Å².